The zero-order valence-electron chi connectivity index (χ0n) is 14.9. The van der Waals surface area contributed by atoms with E-state index in [-0.39, 0.29) is 12.5 Å². The molecule has 4 rings (SSSR count). The fourth-order valence-electron chi connectivity index (χ4n) is 4.29. The Hall–Kier alpha value is -2.38. The molecule has 0 spiro atoms. The highest BCUT2D eigenvalue weighted by molar-refractivity contribution is 5.88. The van der Waals surface area contributed by atoms with Gasteiger partial charge in [-0.2, -0.15) is 13.2 Å². The van der Waals surface area contributed by atoms with Gasteiger partial charge in [0.1, 0.15) is 5.82 Å². The summed E-state index contributed by atoms with van der Waals surface area (Å²) in [6.45, 7) is 1.08. The number of amides is 1. The number of fused-ring (bicyclic) bond motifs is 1. The first-order valence-electron chi connectivity index (χ1n) is 9.27. The average molecular weight is 378 g/mol. The molecule has 0 atom stereocenters. The minimum atomic E-state index is -4.42. The van der Waals surface area contributed by atoms with E-state index in [1.54, 1.807) is 6.07 Å². The van der Waals surface area contributed by atoms with Crippen molar-refractivity contribution < 1.29 is 18.0 Å². The van der Waals surface area contributed by atoms with Gasteiger partial charge in [0, 0.05) is 13.0 Å². The van der Waals surface area contributed by atoms with Gasteiger partial charge in [0.05, 0.1) is 17.5 Å². The van der Waals surface area contributed by atoms with Crippen molar-refractivity contribution in [2.45, 2.75) is 63.2 Å². The summed E-state index contributed by atoms with van der Waals surface area (Å²) in [7, 11) is 0. The Labute approximate surface area is 155 Å². The first kappa shape index (κ1) is 18.0. The standard InChI is InChI=1S/C19H21F3N4O/c20-19(21,22)14-6-3-5-13(11-14)18(8-1-2-9-18)17(27)23-12-16-25-24-15-7-4-10-26(15)16/h3,5-6,11H,1-2,4,7-10,12H2,(H,23,27). The van der Waals surface area contributed by atoms with Crippen LogP contribution in [0, 0.1) is 0 Å². The number of hydrogen-bond acceptors (Lipinski definition) is 3. The molecule has 0 saturated heterocycles. The second-order valence-electron chi connectivity index (χ2n) is 7.34. The largest absolute Gasteiger partial charge is 0.416 e. The fourth-order valence-corrected chi connectivity index (χ4v) is 4.29. The van der Waals surface area contributed by atoms with E-state index in [9.17, 15) is 18.0 Å². The lowest BCUT2D eigenvalue weighted by Gasteiger charge is -2.29. The Morgan fingerprint density at radius 2 is 1.96 bits per heavy atom. The number of nitrogens with one attached hydrogen (secondary N) is 1. The number of benzene rings is 1. The molecule has 1 aromatic heterocycles. The number of aromatic nitrogens is 3. The van der Waals surface area contributed by atoms with Crippen LogP contribution in [0.5, 0.6) is 0 Å². The van der Waals surface area contributed by atoms with E-state index in [1.807, 2.05) is 4.57 Å². The zero-order chi connectivity index (χ0) is 19.1. The number of aryl methyl sites for hydroxylation is 1. The molecule has 0 unspecified atom stereocenters. The minimum absolute atomic E-state index is 0.227. The van der Waals surface area contributed by atoms with Crippen LogP contribution in [0.3, 0.4) is 0 Å². The number of halogens is 3. The maximum absolute atomic E-state index is 13.1. The van der Waals surface area contributed by atoms with Gasteiger partial charge in [-0.25, -0.2) is 0 Å². The average Bonchev–Trinajstić information content (AvgIpc) is 3.37. The molecular formula is C19H21F3N4O. The second-order valence-corrected chi connectivity index (χ2v) is 7.34. The lowest BCUT2D eigenvalue weighted by Crippen LogP contribution is -2.42. The van der Waals surface area contributed by atoms with Crippen LogP contribution in [0.2, 0.25) is 0 Å². The van der Waals surface area contributed by atoms with E-state index < -0.39 is 17.2 Å². The topological polar surface area (TPSA) is 59.8 Å². The summed E-state index contributed by atoms with van der Waals surface area (Å²) in [6, 6.07) is 5.19. The zero-order valence-corrected chi connectivity index (χ0v) is 14.9. The maximum Gasteiger partial charge on any atom is 0.416 e. The van der Waals surface area contributed by atoms with Crippen molar-refractivity contribution in [2.75, 3.05) is 0 Å². The fraction of sp³-hybridized carbons (Fsp3) is 0.526. The Kier molecular flexibility index (Phi) is 4.44. The van der Waals surface area contributed by atoms with Crippen LogP contribution in [0.25, 0.3) is 0 Å². The highest BCUT2D eigenvalue weighted by Gasteiger charge is 2.44. The molecule has 1 N–H and O–H groups in total. The predicted octanol–water partition coefficient (Wildman–Crippen LogP) is 3.37. The van der Waals surface area contributed by atoms with Crippen molar-refractivity contribution in [3.8, 4) is 0 Å². The van der Waals surface area contributed by atoms with Gasteiger partial charge in [0.15, 0.2) is 5.82 Å². The summed E-state index contributed by atoms with van der Waals surface area (Å²) < 4.78 is 41.4. The van der Waals surface area contributed by atoms with Crippen LogP contribution in [0.15, 0.2) is 24.3 Å². The van der Waals surface area contributed by atoms with Crippen LogP contribution in [0.4, 0.5) is 13.2 Å². The molecule has 1 aromatic carbocycles. The van der Waals surface area contributed by atoms with E-state index >= 15 is 0 Å². The number of alkyl halides is 3. The highest BCUT2D eigenvalue weighted by Crippen LogP contribution is 2.43. The smallest absolute Gasteiger partial charge is 0.348 e. The van der Waals surface area contributed by atoms with Crippen LogP contribution < -0.4 is 5.32 Å². The van der Waals surface area contributed by atoms with E-state index in [4.69, 9.17) is 0 Å². The van der Waals surface area contributed by atoms with E-state index in [0.717, 1.165) is 50.2 Å². The van der Waals surface area contributed by atoms with Gasteiger partial charge < -0.3 is 9.88 Å². The van der Waals surface area contributed by atoms with Crippen molar-refractivity contribution in [3.05, 3.63) is 47.0 Å². The van der Waals surface area contributed by atoms with Gasteiger partial charge >= 0.3 is 6.18 Å². The number of carbonyl (C=O) groups excluding carboxylic acids is 1. The summed E-state index contributed by atoms with van der Waals surface area (Å²) in [6.07, 6.45) is 0.230. The SMILES string of the molecule is O=C(NCc1nnc2n1CCC2)C1(c2cccc(C(F)(F)F)c2)CCCC1. The normalized spacial score (nSPS) is 18.5. The van der Waals surface area contributed by atoms with Crippen molar-refractivity contribution in [2.24, 2.45) is 0 Å². The Morgan fingerprint density at radius 3 is 2.70 bits per heavy atom. The maximum atomic E-state index is 13.1. The van der Waals surface area contributed by atoms with Gasteiger partial charge in [0.25, 0.3) is 0 Å². The third-order valence-electron chi connectivity index (χ3n) is 5.73. The summed E-state index contributed by atoms with van der Waals surface area (Å²) in [5.41, 5.74) is -1.18. The molecule has 1 fully saturated rings. The third kappa shape index (κ3) is 3.21. The molecule has 1 aliphatic heterocycles. The summed E-state index contributed by atoms with van der Waals surface area (Å²) in [4.78, 5) is 13.1. The number of rotatable bonds is 4. The van der Waals surface area contributed by atoms with Crippen LogP contribution >= 0.6 is 0 Å². The molecule has 1 saturated carbocycles. The van der Waals surface area contributed by atoms with Crippen LogP contribution in [-0.4, -0.2) is 20.7 Å². The lowest BCUT2D eigenvalue weighted by atomic mass is 9.77. The molecule has 2 aliphatic rings. The van der Waals surface area contributed by atoms with Crippen LogP contribution in [-0.2, 0) is 35.9 Å². The van der Waals surface area contributed by atoms with E-state index in [2.05, 4.69) is 15.5 Å². The molecule has 2 heterocycles. The van der Waals surface area contributed by atoms with Gasteiger partial charge in [0.2, 0.25) is 5.91 Å². The second kappa shape index (κ2) is 6.65. The number of nitrogens with zero attached hydrogens (tertiary/aromatic N) is 3. The van der Waals surface area contributed by atoms with Gasteiger partial charge in [-0.15, -0.1) is 10.2 Å². The number of carbonyl (C=O) groups is 1. The molecule has 0 bridgehead atoms. The highest BCUT2D eigenvalue weighted by atomic mass is 19.4. The third-order valence-corrected chi connectivity index (χ3v) is 5.73. The Bertz CT molecular complexity index is 853. The Morgan fingerprint density at radius 1 is 1.19 bits per heavy atom. The predicted molar refractivity (Wildman–Crippen MR) is 91.8 cm³/mol. The van der Waals surface area contributed by atoms with Crippen molar-refractivity contribution >= 4 is 5.91 Å². The van der Waals surface area contributed by atoms with Crippen molar-refractivity contribution in [3.63, 3.8) is 0 Å². The quantitative estimate of drug-likeness (QED) is 0.887. The van der Waals surface area contributed by atoms with Crippen LogP contribution in [0.1, 0.15) is 54.9 Å². The first-order valence-corrected chi connectivity index (χ1v) is 9.27. The molecule has 2 aromatic rings. The Balaban J connectivity index is 1.57. The van der Waals surface area contributed by atoms with E-state index in [0.29, 0.717) is 24.2 Å². The minimum Gasteiger partial charge on any atom is -0.348 e. The van der Waals surface area contributed by atoms with E-state index in [1.165, 1.54) is 6.07 Å². The molecule has 0 radical (unpaired) electrons. The molecule has 8 heteroatoms. The molecule has 1 amide bonds. The lowest BCUT2D eigenvalue weighted by molar-refractivity contribution is -0.138. The van der Waals surface area contributed by atoms with Gasteiger partial charge in [-0.05, 0) is 30.9 Å². The molecule has 5 nitrogen and oxygen atoms in total. The summed E-state index contributed by atoms with van der Waals surface area (Å²) in [5, 5.41) is 11.2. The first-order chi connectivity index (χ1) is 12.9. The molecule has 144 valence electrons. The number of hydrogen-bond donors (Lipinski definition) is 1. The summed E-state index contributed by atoms with van der Waals surface area (Å²) in [5.74, 6) is 1.40. The molecule has 27 heavy (non-hydrogen) atoms. The van der Waals surface area contributed by atoms with Crippen molar-refractivity contribution in [1.82, 2.24) is 20.1 Å². The molecular weight excluding hydrogens is 357 g/mol. The summed E-state index contributed by atoms with van der Waals surface area (Å²) >= 11 is 0. The van der Waals surface area contributed by atoms with Crippen molar-refractivity contribution in [1.29, 1.82) is 0 Å². The monoisotopic (exact) mass is 378 g/mol. The van der Waals surface area contributed by atoms with Gasteiger partial charge in [-0.3, -0.25) is 4.79 Å². The molecule has 1 aliphatic carbocycles. The van der Waals surface area contributed by atoms with Gasteiger partial charge in [-0.1, -0.05) is 31.0 Å².